The molecule has 2 rings (SSSR count). The van der Waals surface area contributed by atoms with E-state index in [0.29, 0.717) is 6.54 Å². The predicted molar refractivity (Wildman–Crippen MR) is 82.8 cm³/mol. The monoisotopic (exact) mass is 341 g/mol. The zero-order valence-electron chi connectivity index (χ0n) is 11.8. The average molecular weight is 342 g/mol. The Bertz CT molecular complexity index is 483. The van der Waals surface area contributed by atoms with E-state index in [0.717, 1.165) is 23.7 Å². The van der Waals surface area contributed by atoms with Crippen LogP contribution in [0.5, 0.6) is 0 Å². The predicted octanol–water partition coefficient (Wildman–Crippen LogP) is 4.21. The molecule has 20 heavy (non-hydrogen) atoms. The standard InChI is InChI=1S/C16H21BrFNO/c1-12-5-6-13(14(18)9-12)15(20)19-11-16(10-17)7-3-2-4-8-16/h5-6,9H,2-4,7-8,10-11H2,1H3,(H,19,20). The van der Waals surface area contributed by atoms with Gasteiger partial charge >= 0.3 is 0 Å². The van der Waals surface area contributed by atoms with Crippen molar-refractivity contribution in [2.75, 3.05) is 11.9 Å². The minimum atomic E-state index is -0.445. The van der Waals surface area contributed by atoms with Crippen LogP contribution < -0.4 is 5.32 Å². The summed E-state index contributed by atoms with van der Waals surface area (Å²) in [7, 11) is 0. The number of carbonyl (C=O) groups is 1. The van der Waals surface area contributed by atoms with Gasteiger partial charge in [0.15, 0.2) is 0 Å². The second kappa shape index (κ2) is 6.70. The molecule has 0 aromatic heterocycles. The lowest BCUT2D eigenvalue weighted by Gasteiger charge is -2.35. The van der Waals surface area contributed by atoms with Gasteiger partial charge in [0.05, 0.1) is 5.56 Å². The molecule has 1 aliphatic rings. The van der Waals surface area contributed by atoms with Crippen LogP contribution in [0.2, 0.25) is 0 Å². The maximum Gasteiger partial charge on any atom is 0.254 e. The molecule has 0 unspecified atom stereocenters. The molecule has 1 amide bonds. The minimum Gasteiger partial charge on any atom is -0.351 e. The summed E-state index contributed by atoms with van der Waals surface area (Å²) in [5, 5.41) is 3.80. The topological polar surface area (TPSA) is 29.1 Å². The van der Waals surface area contributed by atoms with Crippen LogP contribution in [0.15, 0.2) is 18.2 Å². The van der Waals surface area contributed by atoms with Gasteiger partial charge in [0.2, 0.25) is 0 Å². The first-order valence-corrected chi connectivity index (χ1v) is 8.29. The number of rotatable bonds is 4. The molecule has 1 aromatic carbocycles. The second-order valence-corrected chi connectivity index (χ2v) is 6.42. The van der Waals surface area contributed by atoms with Crippen LogP contribution in [-0.2, 0) is 0 Å². The lowest BCUT2D eigenvalue weighted by Crippen LogP contribution is -2.40. The summed E-state index contributed by atoms with van der Waals surface area (Å²) in [5.74, 6) is -0.757. The summed E-state index contributed by atoms with van der Waals surface area (Å²) >= 11 is 3.57. The molecule has 0 spiro atoms. The average Bonchev–Trinajstić information content (AvgIpc) is 2.46. The van der Waals surface area contributed by atoms with E-state index in [9.17, 15) is 9.18 Å². The van der Waals surface area contributed by atoms with Gasteiger partial charge in [-0.05, 0) is 42.9 Å². The van der Waals surface area contributed by atoms with Gasteiger partial charge in [0.25, 0.3) is 5.91 Å². The summed E-state index contributed by atoms with van der Waals surface area (Å²) in [5.41, 5.74) is 1.09. The van der Waals surface area contributed by atoms with Crippen LogP contribution in [0.3, 0.4) is 0 Å². The SMILES string of the molecule is Cc1ccc(C(=O)NCC2(CBr)CCCCC2)c(F)c1. The van der Waals surface area contributed by atoms with E-state index in [2.05, 4.69) is 21.2 Å². The number of hydrogen-bond donors (Lipinski definition) is 1. The van der Waals surface area contributed by atoms with Crippen LogP contribution in [-0.4, -0.2) is 17.8 Å². The van der Waals surface area contributed by atoms with Crippen LogP contribution in [0.4, 0.5) is 4.39 Å². The fourth-order valence-electron chi connectivity index (χ4n) is 2.83. The Morgan fingerprint density at radius 3 is 2.65 bits per heavy atom. The molecule has 2 nitrogen and oxygen atoms in total. The largest absolute Gasteiger partial charge is 0.351 e. The summed E-state index contributed by atoms with van der Waals surface area (Å²) in [6.45, 7) is 2.43. The van der Waals surface area contributed by atoms with E-state index >= 15 is 0 Å². The first-order chi connectivity index (χ1) is 9.56. The van der Waals surface area contributed by atoms with Gasteiger partial charge < -0.3 is 5.32 Å². The van der Waals surface area contributed by atoms with Crippen LogP contribution in [0, 0.1) is 18.2 Å². The van der Waals surface area contributed by atoms with Gasteiger partial charge in [0, 0.05) is 11.9 Å². The smallest absolute Gasteiger partial charge is 0.254 e. The molecule has 0 bridgehead atoms. The first-order valence-electron chi connectivity index (χ1n) is 7.17. The fraction of sp³-hybridized carbons (Fsp3) is 0.562. The summed E-state index contributed by atoms with van der Waals surface area (Å²) in [6, 6.07) is 4.72. The molecule has 0 heterocycles. The van der Waals surface area contributed by atoms with E-state index in [1.807, 2.05) is 6.92 Å². The van der Waals surface area contributed by atoms with E-state index in [-0.39, 0.29) is 16.9 Å². The third-order valence-corrected chi connectivity index (χ3v) is 5.38. The fourth-order valence-corrected chi connectivity index (χ4v) is 3.59. The lowest BCUT2D eigenvalue weighted by atomic mass is 9.75. The number of alkyl halides is 1. The van der Waals surface area contributed by atoms with E-state index in [1.54, 1.807) is 12.1 Å². The molecule has 0 aliphatic heterocycles. The number of halogens is 2. The molecule has 0 atom stereocenters. The van der Waals surface area contributed by atoms with Gasteiger partial charge in [-0.1, -0.05) is 41.3 Å². The molecule has 4 heteroatoms. The number of nitrogens with one attached hydrogen (secondary N) is 1. The molecule has 1 aromatic rings. The van der Waals surface area contributed by atoms with Gasteiger partial charge in [-0.25, -0.2) is 4.39 Å². The maximum absolute atomic E-state index is 13.8. The minimum absolute atomic E-state index is 0.134. The zero-order chi connectivity index (χ0) is 14.6. The van der Waals surface area contributed by atoms with E-state index < -0.39 is 5.82 Å². The normalized spacial score (nSPS) is 17.8. The molecule has 1 saturated carbocycles. The Hall–Kier alpha value is -0.900. The Labute approximate surface area is 128 Å². The van der Waals surface area contributed by atoms with Crippen LogP contribution in [0.25, 0.3) is 0 Å². The molecule has 1 aliphatic carbocycles. The van der Waals surface area contributed by atoms with Gasteiger partial charge in [-0.3, -0.25) is 4.79 Å². The number of hydrogen-bond acceptors (Lipinski definition) is 1. The van der Waals surface area contributed by atoms with Crippen molar-refractivity contribution in [2.45, 2.75) is 39.0 Å². The van der Waals surface area contributed by atoms with Crippen molar-refractivity contribution in [1.29, 1.82) is 0 Å². The van der Waals surface area contributed by atoms with Crippen molar-refractivity contribution in [3.63, 3.8) is 0 Å². The first kappa shape index (κ1) is 15.5. The molecule has 0 saturated heterocycles. The van der Waals surface area contributed by atoms with Crippen molar-refractivity contribution in [3.8, 4) is 0 Å². The van der Waals surface area contributed by atoms with Crippen molar-refractivity contribution in [2.24, 2.45) is 5.41 Å². The molecular formula is C16H21BrFNO. The van der Waals surface area contributed by atoms with Crippen LogP contribution in [0.1, 0.15) is 48.0 Å². The Kier molecular flexibility index (Phi) is 5.19. The summed E-state index contributed by atoms with van der Waals surface area (Å²) in [6.07, 6.45) is 5.93. The highest BCUT2D eigenvalue weighted by Gasteiger charge is 2.31. The highest BCUT2D eigenvalue weighted by molar-refractivity contribution is 9.09. The molecular weight excluding hydrogens is 321 g/mol. The molecule has 110 valence electrons. The van der Waals surface area contributed by atoms with E-state index in [4.69, 9.17) is 0 Å². The Morgan fingerprint density at radius 2 is 2.05 bits per heavy atom. The third-order valence-electron chi connectivity index (χ3n) is 4.19. The van der Waals surface area contributed by atoms with Crippen molar-refractivity contribution in [3.05, 3.63) is 35.1 Å². The van der Waals surface area contributed by atoms with Gasteiger partial charge in [0.1, 0.15) is 5.82 Å². The summed E-state index contributed by atoms with van der Waals surface area (Å²) < 4.78 is 13.8. The highest BCUT2D eigenvalue weighted by Crippen LogP contribution is 2.37. The second-order valence-electron chi connectivity index (χ2n) is 5.86. The Morgan fingerprint density at radius 1 is 1.35 bits per heavy atom. The molecule has 0 radical (unpaired) electrons. The van der Waals surface area contributed by atoms with Gasteiger partial charge in [-0.2, -0.15) is 0 Å². The van der Waals surface area contributed by atoms with Crippen molar-refractivity contribution >= 4 is 21.8 Å². The van der Waals surface area contributed by atoms with Gasteiger partial charge in [-0.15, -0.1) is 0 Å². The number of carbonyl (C=O) groups excluding carboxylic acids is 1. The van der Waals surface area contributed by atoms with Crippen molar-refractivity contribution in [1.82, 2.24) is 5.32 Å². The lowest BCUT2D eigenvalue weighted by molar-refractivity contribution is 0.0918. The molecule has 1 N–H and O–H groups in total. The third kappa shape index (κ3) is 3.60. The number of amides is 1. The summed E-state index contributed by atoms with van der Waals surface area (Å²) in [4.78, 5) is 12.1. The number of benzene rings is 1. The van der Waals surface area contributed by atoms with E-state index in [1.165, 1.54) is 25.3 Å². The molecule has 1 fully saturated rings. The quantitative estimate of drug-likeness (QED) is 0.816. The number of aryl methyl sites for hydroxylation is 1. The Balaban J connectivity index is 2.00. The van der Waals surface area contributed by atoms with Crippen LogP contribution >= 0.6 is 15.9 Å². The van der Waals surface area contributed by atoms with Crippen molar-refractivity contribution < 1.29 is 9.18 Å². The maximum atomic E-state index is 13.8. The zero-order valence-corrected chi connectivity index (χ0v) is 13.4. The highest BCUT2D eigenvalue weighted by atomic mass is 79.9.